The molecule has 10 heteroatoms. The second-order valence-electron chi connectivity index (χ2n) is 13.4. The number of carboxylic acids is 1. The van der Waals surface area contributed by atoms with Crippen LogP contribution in [0.25, 0.3) is 16.9 Å². The molecule has 41 heavy (non-hydrogen) atoms. The molecule has 2 fully saturated rings. The van der Waals surface area contributed by atoms with Crippen LogP contribution in [-0.4, -0.2) is 61.9 Å². The van der Waals surface area contributed by atoms with E-state index in [4.69, 9.17) is 16.7 Å². The van der Waals surface area contributed by atoms with Crippen LogP contribution in [-0.2, 0) is 20.7 Å². The standard InChI is InChI=1S/C31H36ClN5O4/c1-29(2,3)22-16-23(19-6-8-21(32)9-7-19)33-36-17-24-27(39)35-15-14-34(18-31(35,5)37(24)25(22)36)26(38)20-10-12-30(4,13-11-20)28(40)41/h6-9,16-17,20H,10-15,18H2,1-5H3/p+1. The number of carbonyl (C=O) groups excluding carboxylic acids is 2. The van der Waals surface area contributed by atoms with Crippen LogP contribution in [0.15, 0.2) is 36.5 Å². The summed E-state index contributed by atoms with van der Waals surface area (Å²) < 4.78 is 3.89. The van der Waals surface area contributed by atoms with E-state index < -0.39 is 17.0 Å². The van der Waals surface area contributed by atoms with Crippen molar-refractivity contribution in [1.82, 2.24) is 19.4 Å². The van der Waals surface area contributed by atoms with Crippen molar-refractivity contribution in [2.75, 3.05) is 19.6 Å². The van der Waals surface area contributed by atoms with Crippen molar-refractivity contribution in [2.24, 2.45) is 11.3 Å². The summed E-state index contributed by atoms with van der Waals surface area (Å²) in [7, 11) is 0. The first-order valence-electron chi connectivity index (χ1n) is 14.3. The highest BCUT2D eigenvalue weighted by Crippen LogP contribution is 2.41. The van der Waals surface area contributed by atoms with Gasteiger partial charge in [0.1, 0.15) is 5.69 Å². The van der Waals surface area contributed by atoms with Crippen LogP contribution in [0.4, 0.5) is 0 Å². The Bertz CT molecular complexity index is 1580. The van der Waals surface area contributed by atoms with Crippen molar-refractivity contribution >= 4 is 35.0 Å². The first-order valence-corrected chi connectivity index (χ1v) is 14.7. The number of nitrogens with zero attached hydrogens (tertiary/aromatic N) is 5. The van der Waals surface area contributed by atoms with E-state index in [1.54, 1.807) is 6.92 Å². The molecule has 1 atom stereocenters. The monoisotopic (exact) mass is 578 g/mol. The Morgan fingerprint density at radius 1 is 1.10 bits per heavy atom. The first kappa shape index (κ1) is 27.7. The third-order valence-electron chi connectivity index (χ3n) is 9.48. The Morgan fingerprint density at radius 2 is 1.76 bits per heavy atom. The molecule has 3 aliphatic rings. The molecule has 6 rings (SSSR count). The fraction of sp³-hybridized carbons (Fsp3) is 0.516. The summed E-state index contributed by atoms with van der Waals surface area (Å²) in [6.07, 6.45) is 3.94. The summed E-state index contributed by atoms with van der Waals surface area (Å²) in [5, 5.41) is 15.2. The third-order valence-corrected chi connectivity index (χ3v) is 9.73. The summed E-state index contributed by atoms with van der Waals surface area (Å²) in [5.74, 6) is -0.991. The number of hydrogen-bond donors (Lipinski definition) is 1. The number of carbonyl (C=O) groups is 3. The molecule has 1 saturated carbocycles. The summed E-state index contributed by atoms with van der Waals surface area (Å²) in [4.78, 5) is 43.0. The van der Waals surface area contributed by atoms with E-state index in [-0.39, 0.29) is 23.1 Å². The smallest absolute Gasteiger partial charge is 0.313 e. The van der Waals surface area contributed by atoms with Crippen LogP contribution in [0, 0.1) is 11.3 Å². The minimum absolute atomic E-state index is 0.0579. The molecule has 2 aromatic heterocycles. The van der Waals surface area contributed by atoms with Gasteiger partial charge in [-0.1, -0.05) is 54.1 Å². The number of aromatic nitrogens is 3. The number of amides is 2. The Hall–Kier alpha value is -3.46. The van der Waals surface area contributed by atoms with Gasteiger partial charge in [-0.15, -0.1) is 0 Å². The summed E-state index contributed by atoms with van der Waals surface area (Å²) in [6.45, 7) is 11.5. The number of hydrogen-bond acceptors (Lipinski definition) is 4. The van der Waals surface area contributed by atoms with Gasteiger partial charge in [0.05, 0.1) is 17.5 Å². The maximum absolute atomic E-state index is 13.8. The molecule has 0 radical (unpaired) electrons. The molecule has 0 spiro atoms. The number of fused-ring (bicyclic) bond motifs is 5. The van der Waals surface area contributed by atoms with Gasteiger partial charge in [0, 0.05) is 36.5 Å². The van der Waals surface area contributed by atoms with E-state index in [1.165, 1.54) is 0 Å². The molecule has 2 amide bonds. The van der Waals surface area contributed by atoms with Gasteiger partial charge in [0.2, 0.25) is 17.3 Å². The predicted molar refractivity (Wildman–Crippen MR) is 153 cm³/mol. The molecular weight excluding hydrogens is 542 g/mol. The van der Waals surface area contributed by atoms with Gasteiger partial charge in [0.25, 0.3) is 0 Å². The zero-order valence-corrected chi connectivity index (χ0v) is 25.0. The Kier molecular flexibility index (Phi) is 6.27. The molecule has 1 unspecified atom stereocenters. The van der Waals surface area contributed by atoms with Crippen molar-refractivity contribution in [2.45, 2.75) is 71.4 Å². The van der Waals surface area contributed by atoms with Crippen LogP contribution < -0.4 is 4.57 Å². The Balaban J connectivity index is 1.39. The molecular formula is C31H37ClN5O4+. The quantitative estimate of drug-likeness (QED) is 0.462. The van der Waals surface area contributed by atoms with Gasteiger partial charge in [-0.25, -0.2) is 0 Å². The van der Waals surface area contributed by atoms with Crippen LogP contribution in [0.3, 0.4) is 0 Å². The summed E-state index contributed by atoms with van der Waals surface area (Å²) >= 11 is 6.13. The minimum atomic E-state index is -0.791. The molecule has 1 aliphatic carbocycles. The largest absolute Gasteiger partial charge is 0.481 e. The van der Waals surface area contributed by atoms with E-state index >= 15 is 0 Å². The fourth-order valence-electron chi connectivity index (χ4n) is 6.87. The minimum Gasteiger partial charge on any atom is -0.481 e. The molecule has 1 N–H and O–H groups in total. The van der Waals surface area contributed by atoms with Crippen LogP contribution in [0.2, 0.25) is 5.02 Å². The predicted octanol–water partition coefficient (Wildman–Crippen LogP) is 4.49. The zero-order chi connectivity index (χ0) is 29.5. The summed E-state index contributed by atoms with van der Waals surface area (Å²) in [5.41, 5.74) is 2.36. The lowest BCUT2D eigenvalue weighted by Crippen LogP contribution is -2.69. The Morgan fingerprint density at radius 3 is 2.37 bits per heavy atom. The fourth-order valence-corrected chi connectivity index (χ4v) is 7.00. The number of aliphatic carboxylic acids is 1. The van der Waals surface area contributed by atoms with Crippen molar-refractivity contribution in [3.63, 3.8) is 0 Å². The molecule has 0 bridgehead atoms. The molecule has 9 nitrogen and oxygen atoms in total. The van der Waals surface area contributed by atoms with Gasteiger partial charge in [-0.05, 0) is 56.2 Å². The number of rotatable bonds is 3. The molecule has 2 aliphatic heterocycles. The number of carboxylic acid groups (broad SMARTS) is 1. The first-order chi connectivity index (χ1) is 19.2. The lowest BCUT2D eigenvalue weighted by atomic mass is 9.71. The molecule has 3 aromatic rings. The van der Waals surface area contributed by atoms with Gasteiger partial charge in [-0.3, -0.25) is 19.3 Å². The van der Waals surface area contributed by atoms with Crippen LogP contribution in [0.1, 0.15) is 76.4 Å². The topological polar surface area (TPSA) is 99.1 Å². The highest BCUT2D eigenvalue weighted by molar-refractivity contribution is 6.30. The second kappa shape index (κ2) is 9.28. The lowest BCUT2D eigenvalue weighted by molar-refractivity contribution is -0.749. The SMILES string of the molecule is CC1(C(=O)O)CCC(C(=O)N2CCN3C(=O)c4cn5nc(-c6ccc(Cl)cc6)cc(C(C)(C)C)c5[n+]4C3(C)C2)CC1. The number of halogens is 1. The molecule has 1 aromatic carbocycles. The maximum Gasteiger partial charge on any atom is 0.313 e. The maximum atomic E-state index is 13.8. The second-order valence-corrected chi connectivity index (χ2v) is 13.8. The number of piperazine rings is 1. The van der Waals surface area contributed by atoms with E-state index in [1.807, 2.05) is 51.7 Å². The van der Waals surface area contributed by atoms with Crippen molar-refractivity contribution < 1.29 is 24.1 Å². The highest BCUT2D eigenvalue weighted by atomic mass is 35.5. The lowest BCUT2D eigenvalue weighted by Gasteiger charge is -2.44. The van der Waals surface area contributed by atoms with E-state index in [2.05, 4.69) is 31.4 Å². The third kappa shape index (κ3) is 4.31. The van der Waals surface area contributed by atoms with Gasteiger partial charge in [-0.2, -0.15) is 4.57 Å². The number of imidazole rings is 1. The Labute approximate surface area is 244 Å². The van der Waals surface area contributed by atoms with Crippen molar-refractivity contribution in [1.29, 1.82) is 0 Å². The average molecular weight is 579 g/mol. The summed E-state index contributed by atoms with van der Waals surface area (Å²) in [6, 6.07) is 9.66. The number of benzene rings is 1. The zero-order valence-electron chi connectivity index (χ0n) is 24.3. The highest BCUT2D eigenvalue weighted by Gasteiger charge is 2.58. The molecule has 1 saturated heterocycles. The van der Waals surface area contributed by atoms with Crippen molar-refractivity contribution in [3.05, 3.63) is 52.8 Å². The van der Waals surface area contributed by atoms with Crippen LogP contribution >= 0.6 is 11.6 Å². The average Bonchev–Trinajstić information content (AvgIpc) is 3.41. The van der Waals surface area contributed by atoms with Gasteiger partial charge in [0.15, 0.2) is 6.20 Å². The van der Waals surface area contributed by atoms with Crippen LogP contribution in [0.5, 0.6) is 0 Å². The molecule has 216 valence electrons. The van der Waals surface area contributed by atoms with Crippen molar-refractivity contribution in [3.8, 4) is 11.3 Å². The van der Waals surface area contributed by atoms with Gasteiger partial charge >= 0.3 is 17.5 Å². The molecule has 4 heterocycles. The van der Waals surface area contributed by atoms with E-state index in [0.717, 1.165) is 22.5 Å². The van der Waals surface area contributed by atoms with Gasteiger partial charge < -0.3 is 10.0 Å². The van der Waals surface area contributed by atoms with E-state index in [0.29, 0.717) is 56.0 Å². The van der Waals surface area contributed by atoms with E-state index in [9.17, 15) is 19.5 Å². The normalized spacial score (nSPS) is 26.3.